The molecule has 10 nitrogen and oxygen atoms in total. The molecule has 0 amide bonds. The fourth-order valence-corrected chi connectivity index (χ4v) is 4.86. The van der Waals surface area contributed by atoms with Crippen molar-refractivity contribution >= 4 is 33.8 Å². The molecule has 1 aromatic carbocycles. The second-order valence-electron chi connectivity index (χ2n) is 8.98. The largest absolute Gasteiger partial charge is 0.497 e. The van der Waals surface area contributed by atoms with Crippen LogP contribution in [0.15, 0.2) is 24.4 Å². The zero-order chi connectivity index (χ0) is 23.2. The predicted octanol–water partition coefficient (Wildman–Crippen LogP) is 2.96. The number of fused-ring (bicyclic) bond motifs is 2. The van der Waals surface area contributed by atoms with Gasteiger partial charge in [-0.3, -0.25) is 0 Å². The van der Waals surface area contributed by atoms with Gasteiger partial charge in [-0.2, -0.15) is 9.97 Å². The Balaban J connectivity index is 1.54. The molecule has 0 spiro atoms. The maximum Gasteiger partial charge on any atom is 0.229 e. The first-order valence-corrected chi connectivity index (χ1v) is 11.7. The lowest BCUT2D eigenvalue weighted by Crippen LogP contribution is -2.46. The highest BCUT2D eigenvalue weighted by atomic mass is 16.5. The summed E-state index contributed by atoms with van der Waals surface area (Å²) >= 11 is 0. The van der Waals surface area contributed by atoms with Crippen LogP contribution in [0.5, 0.6) is 5.75 Å². The van der Waals surface area contributed by atoms with Gasteiger partial charge in [0.05, 0.1) is 45.6 Å². The average Bonchev–Trinajstić information content (AvgIpc) is 3.50. The number of ether oxygens (including phenoxy) is 3. The standard InChI is InChI=1S/C24H29N7O3/c1-14-12-33-8-6-30(14)23-20-22(28-24(29-23)31-7-9-34-13-15(31)2)27-21(26-20)18-10-16(32-3)11-19-17(18)4-5-25-19/h4-5,10-11,14-15,25H,6-9,12-13H2,1-3H3,(H,26,27,28,29)/t14?,15-/m0/s1. The van der Waals surface area contributed by atoms with Crippen molar-refractivity contribution in [2.75, 3.05) is 56.4 Å². The number of hydrogen-bond acceptors (Lipinski definition) is 8. The first kappa shape index (κ1) is 21.2. The van der Waals surface area contributed by atoms with Crippen LogP contribution in [-0.2, 0) is 9.47 Å². The first-order valence-electron chi connectivity index (χ1n) is 11.7. The Morgan fingerprint density at radius 2 is 1.76 bits per heavy atom. The van der Waals surface area contributed by atoms with Crippen LogP contribution in [0.4, 0.5) is 11.8 Å². The molecule has 6 rings (SSSR count). The van der Waals surface area contributed by atoms with Gasteiger partial charge in [0.25, 0.3) is 0 Å². The van der Waals surface area contributed by atoms with Crippen LogP contribution in [0.3, 0.4) is 0 Å². The van der Waals surface area contributed by atoms with Gasteiger partial charge in [0.15, 0.2) is 11.5 Å². The Morgan fingerprint density at radius 1 is 1.00 bits per heavy atom. The summed E-state index contributed by atoms with van der Waals surface area (Å²) in [5.74, 6) is 3.05. The van der Waals surface area contributed by atoms with Crippen molar-refractivity contribution in [2.24, 2.45) is 0 Å². The zero-order valence-corrected chi connectivity index (χ0v) is 19.7. The molecule has 34 heavy (non-hydrogen) atoms. The Bertz CT molecular complexity index is 1330. The number of nitrogens with zero attached hydrogens (tertiary/aromatic N) is 5. The van der Waals surface area contributed by atoms with E-state index in [2.05, 4.69) is 39.7 Å². The van der Waals surface area contributed by atoms with Crippen LogP contribution >= 0.6 is 0 Å². The third-order valence-corrected chi connectivity index (χ3v) is 6.72. The normalized spacial score (nSPS) is 21.5. The van der Waals surface area contributed by atoms with Gasteiger partial charge in [0.1, 0.15) is 17.1 Å². The molecule has 178 valence electrons. The summed E-state index contributed by atoms with van der Waals surface area (Å²) in [7, 11) is 1.67. The topological polar surface area (TPSA) is 104 Å². The number of anilines is 2. The molecule has 0 bridgehead atoms. The number of aromatic amines is 2. The molecule has 2 fully saturated rings. The lowest BCUT2D eigenvalue weighted by atomic mass is 10.1. The van der Waals surface area contributed by atoms with Crippen LogP contribution in [0.2, 0.25) is 0 Å². The van der Waals surface area contributed by atoms with E-state index in [0.717, 1.165) is 52.5 Å². The number of morpholine rings is 2. The number of benzene rings is 1. The van der Waals surface area contributed by atoms with Crippen molar-refractivity contribution in [3.8, 4) is 17.1 Å². The molecule has 10 heteroatoms. The quantitative estimate of drug-likeness (QED) is 0.476. The smallest absolute Gasteiger partial charge is 0.229 e. The number of aromatic nitrogens is 5. The van der Waals surface area contributed by atoms with E-state index in [1.54, 1.807) is 7.11 Å². The summed E-state index contributed by atoms with van der Waals surface area (Å²) in [6.07, 6.45) is 1.93. The van der Waals surface area contributed by atoms with Crippen molar-refractivity contribution in [3.63, 3.8) is 0 Å². The third-order valence-electron chi connectivity index (χ3n) is 6.72. The minimum absolute atomic E-state index is 0.192. The summed E-state index contributed by atoms with van der Waals surface area (Å²) < 4.78 is 16.9. The summed E-state index contributed by atoms with van der Waals surface area (Å²) in [5, 5.41) is 1.07. The first-order chi connectivity index (χ1) is 16.6. The maximum atomic E-state index is 5.69. The van der Waals surface area contributed by atoms with E-state index in [0.29, 0.717) is 38.0 Å². The molecule has 0 aliphatic carbocycles. The average molecular weight is 464 g/mol. The van der Waals surface area contributed by atoms with Gasteiger partial charge in [0.2, 0.25) is 5.95 Å². The Morgan fingerprint density at radius 3 is 2.50 bits per heavy atom. The fourth-order valence-electron chi connectivity index (χ4n) is 4.86. The molecule has 3 aromatic heterocycles. The highest BCUT2D eigenvalue weighted by molar-refractivity contribution is 5.97. The van der Waals surface area contributed by atoms with Crippen LogP contribution in [0.25, 0.3) is 33.5 Å². The molecular weight excluding hydrogens is 434 g/mol. The lowest BCUT2D eigenvalue weighted by molar-refractivity contribution is 0.0973. The zero-order valence-electron chi connectivity index (χ0n) is 19.7. The van der Waals surface area contributed by atoms with Crippen LogP contribution < -0.4 is 14.5 Å². The van der Waals surface area contributed by atoms with Crippen LogP contribution in [0.1, 0.15) is 13.8 Å². The molecule has 2 N–H and O–H groups in total. The van der Waals surface area contributed by atoms with E-state index < -0.39 is 0 Å². The number of nitrogens with one attached hydrogen (secondary N) is 2. The van der Waals surface area contributed by atoms with Crippen LogP contribution in [-0.4, -0.2) is 83.6 Å². The van der Waals surface area contributed by atoms with Crippen molar-refractivity contribution < 1.29 is 14.2 Å². The van der Waals surface area contributed by atoms with Crippen molar-refractivity contribution in [1.29, 1.82) is 0 Å². The van der Waals surface area contributed by atoms with Crippen LogP contribution in [0, 0.1) is 0 Å². The van der Waals surface area contributed by atoms with E-state index in [1.165, 1.54) is 0 Å². The number of hydrogen-bond donors (Lipinski definition) is 2. The highest BCUT2D eigenvalue weighted by Crippen LogP contribution is 2.35. The third kappa shape index (κ3) is 3.54. The summed E-state index contributed by atoms with van der Waals surface area (Å²) in [4.78, 5) is 26.3. The minimum atomic E-state index is 0.192. The second kappa shape index (κ2) is 8.44. The number of H-pyrrole nitrogens is 2. The van der Waals surface area contributed by atoms with E-state index in [4.69, 9.17) is 29.2 Å². The molecule has 2 aliphatic heterocycles. The molecule has 0 radical (unpaired) electrons. The molecule has 1 unspecified atom stereocenters. The monoisotopic (exact) mass is 463 g/mol. The number of methoxy groups -OCH3 is 1. The molecule has 5 heterocycles. The molecular formula is C24H29N7O3. The van der Waals surface area contributed by atoms with Gasteiger partial charge in [-0.25, -0.2) is 4.98 Å². The fraction of sp³-hybridized carbons (Fsp3) is 0.458. The highest BCUT2D eigenvalue weighted by Gasteiger charge is 2.28. The molecule has 0 saturated carbocycles. The summed E-state index contributed by atoms with van der Waals surface area (Å²) in [6.45, 7) is 8.46. The Hall–Kier alpha value is -3.37. The van der Waals surface area contributed by atoms with E-state index in [-0.39, 0.29) is 12.1 Å². The molecule has 2 aliphatic rings. The van der Waals surface area contributed by atoms with Crippen molar-refractivity contribution in [3.05, 3.63) is 24.4 Å². The van der Waals surface area contributed by atoms with E-state index in [9.17, 15) is 0 Å². The molecule has 2 atom stereocenters. The van der Waals surface area contributed by atoms with Gasteiger partial charge >= 0.3 is 0 Å². The Labute approximate surface area is 197 Å². The minimum Gasteiger partial charge on any atom is -0.497 e. The van der Waals surface area contributed by atoms with E-state index >= 15 is 0 Å². The van der Waals surface area contributed by atoms with Gasteiger partial charge in [-0.05, 0) is 26.0 Å². The van der Waals surface area contributed by atoms with Crippen molar-refractivity contribution in [2.45, 2.75) is 25.9 Å². The summed E-state index contributed by atoms with van der Waals surface area (Å²) in [6, 6.07) is 6.43. The number of imidazole rings is 1. The second-order valence-corrected chi connectivity index (χ2v) is 8.98. The van der Waals surface area contributed by atoms with Crippen molar-refractivity contribution in [1.82, 2.24) is 24.9 Å². The maximum absolute atomic E-state index is 5.69. The molecule has 2 saturated heterocycles. The lowest BCUT2D eigenvalue weighted by Gasteiger charge is -2.36. The SMILES string of the molecule is COc1cc(-c2nc3nc(N4CCOC[C@@H]4C)nc(N4CCOCC4C)c3[nH]2)c2cc[nH]c2c1. The summed E-state index contributed by atoms with van der Waals surface area (Å²) in [5.41, 5.74) is 3.43. The number of rotatable bonds is 4. The predicted molar refractivity (Wildman–Crippen MR) is 131 cm³/mol. The van der Waals surface area contributed by atoms with Gasteiger partial charge in [-0.1, -0.05) is 0 Å². The van der Waals surface area contributed by atoms with Gasteiger partial charge in [0, 0.05) is 41.8 Å². The Kier molecular flexibility index (Phi) is 5.26. The van der Waals surface area contributed by atoms with Gasteiger partial charge < -0.3 is 34.0 Å². The van der Waals surface area contributed by atoms with Gasteiger partial charge in [-0.15, -0.1) is 0 Å². The molecule has 4 aromatic rings. The van der Waals surface area contributed by atoms with E-state index in [1.807, 2.05) is 18.3 Å².